The van der Waals surface area contributed by atoms with Gasteiger partial charge in [0, 0.05) is 17.1 Å². The van der Waals surface area contributed by atoms with Crippen LogP contribution in [0.3, 0.4) is 0 Å². The molecule has 0 bridgehead atoms. The molecule has 1 aliphatic carbocycles. The minimum Gasteiger partial charge on any atom is -0.480 e. The minimum atomic E-state index is -4.66. The zero-order valence-electron chi connectivity index (χ0n) is 29.7. The second-order valence-corrected chi connectivity index (χ2v) is 19.5. The van der Waals surface area contributed by atoms with Crippen LogP contribution in [0.25, 0.3) is 11.1 Å². The summed E-state index contributed by atoms with van der Waals surface area (Å²) in [6, 6.07) is 3.15. The van der Waals surface area contributed by atoms with Crippen LogP contribution in [-0.4, -0.2) is 90.8 Å². The van der Waals surface area contributed by atoms with Crippen LogP contribution in [-0.2, 0) is 54.3 Å². The lowest BCUT2D eigenvalue weighted by Crippen LogP contribution is -2.37. The summed E-state index contributed by atoms with van der Waals surface area (Å²) in [7, 11) is -9.17. The number of thioether (sulfide) groups is 1. The normalized spacial score (nSPS) is 16.8. The maximum atomic E-state index is 14.0. The number of aliphatic carboxylic acids is 2. The van der Waals surface area contributed by atoms with Crippen molar-refractivity contribution in [3.05, 3.63) is 80.4 Å². The van der Waals surface area contributed by atoms with Gasteiger partial charge in [-0.15, -0.1) is 34.0 Å². The molecular formula is C31H29N7O14S6. The Labute approximate surface area is 341 Å². The number of nitrogens with one attached hydrogen (secondary N) is 1. The zero-order valence-corrected chi connectivity index (χ0v) is 34.6. The highest BCUT2D eigenvalue weighted by Gasteiger charge is 2.31. The molecule has 0 saturated carbocycles. The molecule has 3 aromatic heterocycles. The summed E-state index contributed by atoms with van der Waals surface area (Å²) in [5, 5.41) is 41.2. The Kier molecular flexibility index (Phi) is 13.2. The fourth-order valence-electron chi connectivity index (χ4n) is 5.84. The molecule has 0 unspecified atom stereocenters. The molecule has 5 N–H and O–H groups in total. The van der Waals surface area contributed by atoms with E-state index < -0.39 is 96.1 Å². The summed E-state index contributed by atoms with van der Waals surface area (Å²) in [4.78, 5) is 81.0. The molecule has 27 heteroatoms. The molecule has 21 nitrogen and oxygen atoms in total. The number of hydrogen-bond acceptors (Lipinski definition) is 17. The number of thiazole rings is 3. The fraction of sp³-hybridized carbons (Fsp3) is 0.355. The molecule has 0 atom stereocenters. The fourth-order valence-corrected chi connectivity index (χ4v) is 11.6. The summed E-state index contributed by atoms with van der Waals surface area (Å²) in [6.07, 6.45) is 4.50. The number of amides is 1. The third-order valence-corrected chi connectivity index (χ3v) is 14.7. The van der Waals surface area contributed by atoms with Crippen LogP contribution in [0.1, 0.15) is 32.6 Å². The van der Waals surface area contributed by atoms with Gasteiger partial charge in [0.2, 0.25) is 5.91 Å². The Morgan fingerprint density at radius 3 is 1.97 bits per heavy atom. The number of carbonyl (C=O) groups is 3. The van der Waals surface area contributed by atoms with Gasteiger partial charge in [-0.3, -0.25) is 51.6 Å². The van der Waals surface area contributed by atoms with E-state index in [9.17, 15) is 70.9 Å². The quantitative estimate of drug-likeness (QED) is 0.136. The first-order chi connectivity index (χ1) is 27.1. The zero-order chi connectivity index (χ0) is 42.9. The second kappa shape index (κ2) is 17.4. The van der Waals surface area contributed by atoms with E-state index in [2.05, 4.69) is 5.32 Å². The van der Waals surface area contributed by atoms with Gasteiger partial charge in [0.1, 0.15) is 60.7 Å². The van der Waals surface area contributed by atoms with Crippen molar-refractivity contribution in [2.45, 2.75) is 52.2 Å². The van der Waals surface area contributed by atoms with Gasteiger partial charge in [0.25, 0.3) is 36.9 Å². The average Bonchev–Trinajstić information content (AvgIpc) is 3.83. The summed E-state index contributed by atoms with van der Waals surface area (Å²) in [5.74, 6) is -5.80. The van der Waals surface area contributed by atoms with E-state index in [1.165, 1.54) is 18.7 Å². The number of hydrogen-bond donors (Lipinski definition) is 5. The Balaban J connectivity index is 1.85. The minimum absolute atomic E-state index is 0.0580. The van der Waals surface area contributed by atoms with Crippen LogP contribution in [0.4, 0.5) is 0 Å². The number of rotatable bonds is 12. The third kappa shape index (κ3) is 9.76. The average molecular weight is 916 g/mol. The lowest BCUT2D eigenvalue weighted by molar-refractivity contribution is -0.138. The van der Waals surface area contributed by atoms with Gasteiger partial charge in [-0.1, -0.05) is 11.8 Å². The Hall–Kier alpha value is -5.13. The summed E-state index contributed by atoms with van der Waals surface area (Å²) in [5.41, 5.74) is -2.54. The number of allylic oxidation sites excluding steroid dienone is 3. The van der Waals surface area contributed by atoms with E-state index in [4.69, 9.17) is 4.55 Å². The smallest absolute Gasteiger partial charge is 0.323 e. The molecular weight excluding hydrogens is 887 g/mol. The van der Waals surface area contributed by atoms with E-state index in [0.29, 0.717) is 61.0 Å². The van der Waals surface area contributed by atoms with Gasteiger partial charge in [-0.05, 0) is 44.3 Å². The van der Waals surface area contributed by atoms with Crippen LogP contribution in [0.2, 0.25) is 0 Å². The van der Waals surface area contributed by atoms with Gasteiger partial charge in [-0.25, -0.2) is 0 Å². The predicted octanol–water partition coefficient (Wildman–Crippen LogP) is -1.01. The first-order valence-electron chi connectivity index (χ1n) is 16.4. The summed E-state index contributed by atoms with van der Waals surface area (Å²) >= 11 is 2.97. The summed E-state index contributed by atoms with van der Waals surface area (Å²) in [6.45, 7) is -1.56. The van der Waals surface area contributed by atoms with Gasteiger partial charge in [0.05, 0.1) is 15.3 Å². The second-order valence-electron chi connectivity index (χ2n) is 12.4. The number of carbonyl (C=O) groups excluding carboxylic acids is 1. The molecule has 0 radical (unpaired) electrons. The van der Waals surface area contributed by atoms with E-state index in [-0.39, 0.29) is 35.2 Å². The molecule has 0 fully saturated rings. The molecule has 1 amide bonds. The van der Waals surface area contributed by atoms with Crippen LogP contribution in [0.15, 0.2) is 36.1 Å². The molecule has 1 aliphatic heterocycles. The van der Waals surface area contributed by atoms with Crippen LogP contribution in [0.5, 0.6) is 0 Å². The van der Waals surface area contributed by atoms with E-state index in [1.54, 1.807) is 23.1 Å². The van der Waals surface area contributed by atoms with Gasteiger partial charge >= 0.3 is 11.9 Å². The van der Waals surface area contributed by atoms with Gasteiger partial charge in [0.15, 0.2) is 5.57 Å². The monoisotopic (exact) mass is 915 g/mol. The molecule has 58 heavy (non-hydrogen) atoms. The summed E-state index contributed by atoms with van der Waals surface area (Å²) < 4.78 is 64.2. The van der Waals surface area contributed by atoms with Crippen molar-refractivity contribution >= 4 is 95.0 Å². The van der Waals surface area contributed by atoms with Crippen molar-refractivity contribution < 1.29 is 50.5 Å². The molecule has 0 aromatic carbocycles. The third-order valence-electron chi connectivity index (χ3n) is 8.30. The molecule has 0 spiro atoms. The SMILES string of the molecule is C/C(C=C1SC2=C(CCCC2)N1CC(=O)NCS(=O)(=O)O)=c1\s/c(=c2/s/c(=c3/sc(=C(C#N)C#N)n(CCS(=O)(=O)O)c3=O)n(CC(=O)O)c2=O)n(CC(=O)O)c1=O. The highest BCUT2D eigenvalue weighted by Crippen LogP contribution is 2.47. The van der Waals surface area contributed by atoms with Crippen molar-refractivity contribution in [2.75, 3.05) is 18.2 Å². The highest BCUT2D eigenvalue weighted by atomic mass is 32.2. The number of nitrogens with zero attached hydrogens (tertiary/aromatic N) is 6. The van der Waals surface area contributed by atoms with E-state index >= 15 is 0 Å². The number of carboxylic acids is 2. The molecule has 0 saturated heterocycles. The largest absolute Gasteiger partial charge is 0.480 e. The molecule has 3 aromatic rings. The van der Waals surface area contributed by atoms with Crippen molar-refractivity contribution in [3.8, 4) is 12.1 Å². The van der Waals surface area contributed by atoms with E-state index in [1.807, 2.05) is 0 Å². The highest BCUT2D eigenvalue weighted by molar-refractivity contribution is 8.07. The van der Waals surface area contributed by atoms with E-state index in [0.717, 1.165) is 28.0 Å². The first-order valence-corrected chi connectivity index (χ1v) is 22.8. The van der Waals surface area contributed by atoms with Crippen LogP contribution < -0.4 is 31.2 Å². The predicted molar refractivity (Wildman–Crippen MR) is 208 cm³/mol. The van der Waals surface area contributed by atoms with Crippen molar-refractivity contribution in [2.24, 2.45) is 0 Å². The number of nitriles is 2. The van der Waals surface area contributed by atoms with Crippen molar-refractivity contribution in [1.29, 1.82) is 10.5 Å². The molecule has 5 rings (SSSR count). The van der Waals surface area contributed by atoms with Crippen molar-refractivity contribution in [3.63, 3.8) is 0 Å². The number of aromatic nitrogens is 3. The topological polar surface area (TPSA) is 329 Å². The van der Waals surface area contributed by atoms with Crippen LogP contribution in [0, 0.1) is 41.1 Å². The Morgan fingerprint density at radius 1 is 0.810 bits per heavy atom. The van der Waals surface area contributed by atoms with Crippen molar-refractivity contribution in [1.82, 2.24) is 23.9 Å². The Morgan fingerprint density at radius 2 is 1.38 bits per heavy atom. The standard InChI is InChI=1S/C31H29N7O14S6/c1-15(8-20-36(11-19(39)34-14-58(50,51)52)17-4-2-3-5-18(17)53-20)23-26(44)37(12-21(40)41)30(54-23)25-28(46)38(13-22(42)43)31(56-25)24-27(45)35(6-7-57(47,48)49)29(55-24)16(9-32)10-33/h8H,2-7,11-14H2,1H3,(H,34,39)(H,40,41)(H,42,43)(H,47,48,49)(H,50,51,52)/b20-8?,23-15+,30-25+,31-24+. The maximum Gasteiger partial charge on any atom is 0.323 e. The lowest BCUT2D eigenvalue weighted by atomic mass is 10.0. The molecule has 2 aliphatic rings. The van der Waals surface area contributed by atoms with Gasteiger partial charge < -0.3 is 20.4 Å². The van der Waals surface area contributed by atoms with Gasteiger partial charge in [-0.2, -0.15) is 27.4 Å². The lowest BCUT2D eigenvalue weighted by Gasteiger charge is -2.24. The maximum absolute atomic E-state index is 14.0. The number of carboxylic acid groups (broad SMARTS) is 2. The van der Waals surface area contributed by atoms with Crippen LogP contribution >= 0.6 is 45.8 Å². The first kappa shape index (κ1) is 44.0. The molecule has 4 heterocycles. The Bertz CT molecular complexity index is 3160. The molecule has 308 valence electrons.